The lowest BCUT2D eigenvalue weighted by Crippen LogP contribution is -2.49. The largest absolute Gasteiger partial charge is 0.350 e. The first kappa shape index (κ1) is 16.3. The quantitative estimate of drug-likeness (QED) is 0.917. The van der Waals surface area contributed by atoms with Gasteiger partial charge in [0.05, 0.1) is 5.88 Å². The minimum atomic E-state index is -0.323. The minimum Gasteiger partial charge on any atom is -0.350 e. The first-order valence-corrected chi connectivity index (χ1v) is 9.46. The molecule has 1 saturated carbocycles. The van der Waals surface area contributed by atoms with Gasteiger partial charge in [-0.25, -0.2) is 0 Å². The molecule has 1 atom stereocenters. The summed E-state index contributed by atoms with van der Waals surface area (Å²) in [6.45, 7) is 0.480. The van der Waals surface area contributed by atoms with E-state index in [-0.39, 0.29) is 23.8 Å². The Hall–Kier alpha value is -1.56. The lowest BCUT2D eigenvalue weighted by atomic mass is 9.88. The van der Waals surface area contributed by atoms with Crippen LogP contribution in [0.15, 0.2) is 24.5 Å². The van der Waals surface area contributed by atoms with Crippen molar-refractivity contribution < 1.29 is 9.59 Å². The Labute approximate surface area is 141 Å². The second-order valence-electron chi connectivity index (χ2n) is 6.23. The average molecular weight is 333 g/mol. The van der Waals surface area contributed by atoms with Gasteiger partial charge in [0.2, 0.25) is 11.8 Å². The van der Waals surface area contributed by atoms with Crippen LogP contribution in [0.1, 0.15) is 37.7 Å². The Morgan fingerprint density at radius 1 is 1.22 bits per heavy atom. The van der Waals surface area contributed by atoms with Crippen LogP contribution in [0.25, 0.3) is 0 Å². The van der Waals surface area contributed by atoms with E-state index in [1.165, 1.54) is 6.42 Å². The van der Waals surface area contributed by atoms with Crippen molar-refractivity contribution in [2.75, 3.05) is 11.6 Å². The summed E-state index contributed by atoms with van der Waals surface area (Å²) in [7, 11) is 0. The molecule has 1 unspecified atom stereocenters. The molecule has 6 heteroatoms. The number of nitrogens with one attached hydrogen (secondary N) is 1. The molecule has 0 spiro atoms. The molecule has 23 heavy (non-hydrogen) atoms. The highest BCUT2D eigenvalue weighted by Crippen LogP contribution is 2.29. The molecule has 124 valence electrons. The van der Waals surface area contributed by atoms with E-state index in [0.29, 0.717) is 18.2 Å². The number of hydrogen-bond donors (Lipinski definition) is 1. The fraction of sp³-hybridized carbons (Fsp3) is 0.588. The van der Waals surface area contributed by atoms with Gasteiger partial charge in [0.15, 0.2) is 0 Å². The van der Waals surface area contributed by atoms with Crippen LogP contribution >= 0.6 is 11.8 Å². The Morgan fingerprint density at radius 3 is 2.70 bits per heavy atom. The number of thioether (sulfide) groups is 1. The summed E-state index contributed by atoms with van der Waals surface area (Å²) >= 11 is 1.67. The predicted octanol–water partition coefficient (Wildman–Crippen LogP) is 2.18. The van der Waals surface area contributed by atoms with E-state index in [0.717, 1.165) is 31.2 Å². The summed E-state index contributed by atoms with van der Waals surface area (Å²) < 4.78 is 0. The number of carbonyl (C=O) groups is 2. The van der Waals surface area contributed by atoms with Crippen LogP contribution in [0.4, 0.5) is 0 Å². The van der Waals surface area contributed by atoms with E-state index in [9.17, 15) is 9.59 Å². The van der Waals surface area contributed by atoms with Crippen molar-refractivity contribution in [3.05, 3.63) is 30.1 Å². The molecule has 2 aliphatic rings. The minimum absolute atomic E-state index is 0.0454. The third-order valence-electron chi connectivity index (χ3n) is 4.64. The van der Waals surface area contributed by atoms with Gasteiger partial charge in [0.25, 0.3) is 0 Å². The van der Waals surface area contributed by atoms with Gasteiger partial charge in [-0.3, -0.25) is 14.6 Å². The second-order valence-corrected chi connectivity index (χ2v) is 7.23. The molecule has 2 amide bonds. The zero-order valence-corrected chi connectivity index (χ0v) is 14.1. The smallest absolute Gasteiger partial charge is 0.243 e. The normalized spacial score (nSPS) is 22.1. The SMILES string of the molecule is O=C(NCc1ccncc1)C1CSCN1C(=O)C1CCCCC1. The van der Waals surface area contributed by atoms with Crippen LogP contribution in [-0.2, 0) is 16.1 Å². The van der Waals surface area contributed by atoms with E-state index in [2.05, 4.69) is 10.3 Å². The van der Waals surface area contributed by atoms with Gasteiger partial charge in [-0.2, -0.15) is 0 Å². The first-order valence-electron chi connectivity index (χ1n) is 8.30. The Morgan fingerprint density at radius 2 is 1.96 bits per heavy atom. The summed E-state index contributed by atoms with van der Waals surface area (Å²) in [5, 5.41) is 2.95. The van der Waals surface area contributed by atoms with Crippen LogP contribution in [0.5, 0.6) is 0 Å². The molecule has 0 aromatic carbocycles. The Kier molecular flexibility index (Phi) is 5.54. The van der Waals surface area contributed by atoms with Gasteiger partial charge in [-0.1, -0.05) is 19.3 Å². The maximum absolute atomic E-state index is 12.7. The molecule has 0 bridgehead atoms. The van der Waals surface area contributed by atoms with Gasteiger partial charge in [0, 0.05) is 30.6 Å². The molecule has 1 aromatic rings. The van der Waals surface area contributed by atoms with E-state index in [4.69, 9.17) is 0 Å². The van der Waals surface area contributed by atoms with Gasteiger partial charge < -0.3 is 10.2 Å². The third-order valence-corrected chi connectivity index (χ3v) is 5.65. The highest BCUT2D eigenvalue weighted by Gasteiger charge is 2.37. The van der Waals surface area contributed by atoms with Gasteiger partial charge in [-0.15, -0.1) is 11.8 Å². The van der Waals surface area contributed by atoms with Crippen molar-refractivity contribution >= 4 is 23.6 Å². The molecule has 2 fully saturated rings. The number of carbonyl (C=O) groups excluding carboxylic acids is 2. The number of amides is 2. The summed E-state index contributed by atoms with van der Waals surface area (Å²) in [5.41, 5.74) is 1.02. The van der Waals surface area contributed by atoms with Gasteiger partial charge in [0.1, 0.15) is 6.04 Å². The van der Waals surface area contributed by atoms with Crippen LogP contribution in [0.3, 0.4) is 0 Å². The Bertz CT molecular complexity index is 546. The van der Waals surface area contributed by atoms with Crippen molar-refractivity contribution in [3.63, 3.8) is 0 Å². The summed E-state index contributed by atoms with van der Waals surface area (Å²) in [5.74, 6) is 1.59. The molecule has 1 N–H and O–H groups in total. The van der Waals surface area contributed by atoms with Crippen molar-refractivity contribution in [1.82, 2.24) is 15.2 Å². The molecule has 5 nitrogen and oxygen atoms in total. The number of rotatable bonds is 4. The lowest BCUT2D eigenvalue weighted by Gasteiger charge is -2.29. The highest BCUT2D eigenvalue weighted by molar-refractivity contribution is 7.99. The lowest BCUT2D eigenvalue weighted by molar-refractivity contribution is -0.142. The first-order chi connectivity index (χ1) is 11.3. The molecule has 1 aliphatic heterocycles. The zero-order valence-electron chi connectivity index (χ0n) is 13.2. The van der Waals surface area contributed by atoms with E-state index >= 15 is 0 Å². The Balaban J connectivity index is 1.57. The maximum Gasteiger partial charge on any atom is 0.243 e. The fourth-order valence-electron chi connectivity index (χ4n) is 3.27. The second kappa shape index (κ2) is 7.81. The number of aromatic nitrogens is 1. The van der Waals surface area contributed by atoms with Gasteiger partial charge >= 0.3 is 0 Å². The number of pyridine rings is 1. The van der Waals surface area contributed by atoms with Crippen molar-refractivity contribution in [2.24, 2.45) is 5.92 Å². The monoisotopic (exact) mass is 333 g/mol. The molecule has 1 aromatic heterocycles. The zero-order chi connectivity index (χ0) is 16.1. The molecular weight excluding hydrogens is 310 g/mol. The van der Waals surface area contributed by atoms with Crippen LogP contribution in [0, 0.1) is 5.92 Å². The average Bonchev–Trinajstić information content (AvgIpc) is 3.10. The number of nitrogens with zero attached hydrogens (tertiary/aromatic N) is 2. The van der Waals surface area contributed by atoms with Crippen molar-refractivity contribution in [1.29, 1.82) is 0 Å². The van der Waals surface area contributed by atoms with Crippen LogP contribution in [0.2, 0.25) is 0 Å². The standard InChI is InChI=1S/C17H23N3O2S/c21-16(19-10-13-6-8-18-9-7-13)15-11-23-12-20(15)17(22)14-4-2-1-3-5-14/h6-9,14-15H,1-5,10-12H2,(H,19,21). The molecule has 1 saturated heterocycles. The number of hydrogen-bond acceptors (Lipinski definition) is 4. The molecule has 0 radical (unpaired) electrons. The van der Waals surface area contributed by atoms with Crippen LogP contribution in [-0.4, -0.2) is 39.4 Å². The summed E-state index contributed by atoms with van der Waals surface area (Å²) in [6.07, 6.45) is 8.88. The highest BCUT2D eigenvalue weighted by atomic mass is 32.2. The van der Waals surface area contributed by atoms with Crippen molar-refractivity contribution in [3.8, 4) is 0 Å². The third kappa shape index (κ3) is 4.05. The van der Waals surface area contributed by atoms with E-state index < -0.39 is 0 Å². The molecule has 2 heterocycles. The van der Waals surface area contributed by atoms with E-state index in [1.54, 1.807) is 29.1 Å². The van der Waals surface area contributed by atoms with E-state index in [1.807, 2.05) is 12.1 Å². The topological polar surface area (TPSA) is 62.3 Å². The molecule has 3 rings (SSSR count). The summed E-state index contributed by atoms with van der Waals surface area (Å²) in [4.78, 5) is 31.0. The molecular formula is C17H23N3O2S. The summed E-state index contributed by atoms with van der Waals surface area (Å²) in [6, 6.07) is 3.44. The van der Waals surface area contributed by atoms with Crippen LogP contribution < -0.4 is 5.32 Å². The maximum atomic E-state index is 12.7. The fourth-order valence-corrected chi connectivity index (χ4v) is 4.43. The van der Waals surface area contributed by atoms with Crippen molar-refractivity contribution in [2.45, 2.75) is 44.7 Å². The molecule has 1 aliphatic carbocycles. The predicted molar refractivity (Wildman–Crippen MR) is 90.6 cm³/mol. The van der Waals surface area contributed by atoms with Gasteiger partial charge in [-0.05, 0) is 30.5 Å².